The Kier molecular flexibility index (Phi) is 4.46. The van der Waals surface area contributed by atoms with E-state index < -0.39 is 0 Å². The molecule has 11 heavy (non-hydrogen) atoms. The normalized spacial score (nSPS) is 15.5. The standard InChI is InChI=1S/C10H21Cl/c1-8(2)9(7-11)6-10(3,4)5/h8-9H,6-7H2,1-5H3. The van der Waals surface area contributed by atoms with Crippen LogP contribution < -0.4 is 0 Å². The van der Waals surface area contributed by atoms with E-state index in [9.17, 15) is 0 Å². The van der Waals surface area contributed by atoms with Crippen LogP contribution in [-0.2, 0) is 0 Å². The van der Waals surface area contributed by atoms with Crippen LogP contribution in [0.5, 0.6) is 0 Å². The highest BCUT2D eigenvalue weighted by atomic mass is 35.5. The van der Waals surface area contributed by atoms with Gasteiger partial charge in [0.15, 0.2) is 0 Å². The van der Waals surface area contributed by atoms with Gasteiger partial charge in [0.2, 0.25) is 0 Å². The molecule has 1 unspecified atom stereocenters. The lowest BCUT2D eigenvalue weighted by molar-refractivity contribution is 0.262. The number of halogens is 1. The van der Waals surface area contributed by atoms with Crippen molar-refractivity contribution in [1.82, 2.24) is 0 Å². The van der Waals surface area contributed by atoms with Gasteiger partial charge in [-0.3, -0.25) is 0 Å². The Morgan fingerprint density at radius 2 is 1.64 bits per heavy atom. The quantitative estimate of drug-likeness (QED) is 0.572. The van der Waals surface area contributed by atoms with Crippen LogP contribution in [0.1, 0.15) is 41.0 Å². The smallest absolute Gasteiger partial charge is 0.0254 e. The fourth-order valence-electron chi connectivity index (χ4n) is 1.25. The predicted molar refractivity (Wildman–Crippen MR) is 53.1 cm³/mol. The van der Waals surface area contributed by atoms with Gasteiger partial charge in [-0.15, -0.1) is 11.6 Å². The zero-order valence-corrected chi connectivity index (χ0v) is 9.20. The first-order valence-electron chi connectivity index (χ1n) is 4.43. The van der Waals surface area contributed by atoms with Crippen molar-refractivity contribution in [2.24, 2.45) is 17.3 Å². The van der Waals surface area contributed by atoms with E-state index in [2.05, 4.69) is 34.6 Å². The van der Waals surface area contributed by atoms with Gasteiger partial charge in [0.1, 0.15) is 0 Å². The average molecular weight is 177 g/mol. The highest BCUT2D eigenvalue weighted by Gasteiger charge is 2.20. The molecule has 0 radical (unpaired) electrons. The lowest BCUT2D eigenvalue weighted by Crippen LogP contribution is -2.18. The Balaban J connectivity index is 3.88. The van der Waals surface area contributed by atoms with Gasteiger partial charge in [0, 0.05) is 5.88 Å². The molecule has 1 heteroatoms. The number of hydrogen-bond donors (Lipinski definition) is 0. The maximum absolute atomic E-state index is 5.87. The van der Waals surface area contributed by atoms with E-state index in [1.165, 1.54) is 6.42 Å². The van der Waals surface area contributed by atoms with Crippen LogP contribution in [0.15, 0.2) is 0 Å². The molecule has 0 bridgehead atoms. The summed E-state index contributed by atoms with van der Waals surface area (Å²) in [4.78, 5) is 0. The summed E-state index contributed by atoms with van der Waals surface area (Å²) in [7, 11) is 0. The van der Waals surface area contributed by atoms with E-state index in [1.54, 1.807) is 0 Å². The fraction of sp³-hybridized carbons (Fsp3) is 1.00. The minimum atomic E-state index is 0.420. The number of rotatable bonds is 3. The topological polar surface area (TPSA) is 0 Å². The lowest BCUT2D eigenvalue weighted by Gasteiger charge is -2.27. The third-order valence-corrected chi connectivity index (χ3v) is 2.41. The van der Waals surface area contributed by atoms with Gasteiger partial charge in [-0.05, 0) is 23.7 Å². The van der Waals surface area contributed by atoms with Crippen molar-refractivity contribution >= 4 is 11.6 Å². The van der Waals surface area contributed by atoms with Crippen molar-refractivity contribution in [2.45, 2.75) is 41.0 Å². The number of hydrogen-bond acceptors (Lipinski definition) is 0. The molecular weight excluding hydrogens is 156 g/mol. The molecule has 0 saturated carbocycles. The number of alkyl halides is 1. The van der Waals surface area contributed by atoms with Gasteiger partial charge in [-0.25, -0.2) is 0 Å². The molecule has 0 spiro atoms. The molecule has 0 aromatic heterocycles. The van der Waals surface area contributed by atoms with Gasteiger partial charge in [0.25, 0.3) is 0 Å². The first-order valence-corrected chi connectivity index (χ1v) is 4.96. The summed E-state index contributed by atoms with van der Waals surface area (Å²) in [6.45, 7) is 11.3. The lowest BCUT2D eigenvalue weighted by atomic mass is 9.81. The Morgan fingerprint density at radius 3 is 1.73 bits per heavy atom. The Hall–Kier alpha value is 0.290. The molecule has 0 nitrogen and oxygen atoms in total. The van der Waals surface area contributed by atoms with Crippen LogP contribution in [0.3, 0.4) is 0 Å². The molecule has 0 rings (SSSR count). The maximum atomic E-state index is 5.87. The van der Waals surface area contributed by atoms with Crippen molar-refractivity contribution in [3.05, 3.63) is 0 Å². The third-order valence-electron chi connectivity index (χ3n) is 2.02. The van der Waals surface area contributed by atoms with E-state index >= 15 is 0 Å². The zero-order valence-electron chi connectivity index (χ0n) is 8.45. The molecule has 0 N–H and O–H groups in total. The molecule has 0 saturated heterocycles. The van der Waals surface area contributed by atoms with E-state index in [0.29, 0.717) is 17.3 Å². The summed E-state index contributed by atoms with van der Waals surface area (Å²) in [5.74, 6) is 2.19. The Labute approximate surface area is 76.3 Å². The van der Waals surface area contributed by atoms with Gasteiger partial charge in [-0.2, -0.15) is 0 Å². The van der Waals surface area contributed by atoms with Crippen LogP contribution in [0.25, 0.3) is 0 Å². The van der Waals surface area contributed by atoms with Gasteiger partial charge < -0.3 is 0 Å². The summed E-state index contributed by atoms with van der Waals surface area (Å²) in [6, 6.07) is 0. The molecule has 0 aliphatic heterocycles. The largest absolute Gasteiger partial charge is 0.126 e. The van der Waals surface area contributed by atoms with Crippen LogP contribution in [0.4, 0.5) is 0 Å². The summed E-state index contributed by atoms with van der Waals surface area (Å²) < 4.78 is 0. The van der Waals surface area contributed by atoms with Crippen LogP contribution in [0, 0.1) is 17.3 Å². The Morgan fingerprint density at radius 1 is 1.18 bits per heavy atom. The van der Waals surface area contributed by atoms with E-state index in [4.69, 9.17) is 11.6 Å². The van der Waals surface area contributed by atoms with E-state index in [-0.39, 0.29) is 0 Å². The van der Waals surface area contributed by atoms with Crippen molar-refractivity contribution in [1.29, 1.82) is 0 Å². The molecule has 0 aromatic rings. The molecule has 0 aliphatic rings. The van der Waals surface area contributed by atoms with E-state index in [0.717, 1.165) is 5.88 Å². The predicted octanol–water partition coefficient (Wildman–Crippen LogP) is 3.93. The van der Waals surface area contributed by atoms with Crippen molar-refractivity contribution in [3.8, 4) is 0 Å². The van der Waals surface area contributed by atoms with Gasteiger partial charge in [-0.1, -0.05) is 34.6 Å². The third kappa shape index (κ3) is 5.55. The molecule has 0 heterocycles. The minimum Gasteiger partial charge on any atom is -0.126 e. The summed E-state index contributed by atoms with van der Waals surface area (Å²) in [6.07, 6.45) is 1.23. The zero-order chi connectivity index (χ0) is 9.07. The summed E-state index contributed by atoms with van der Waals surface area (Å²) in [5.41, 5.74) is 0.420. The van der Waals surface area contributed by atoms with Crippen LogP contribution >= 0.6 is 11.6 Å². The second-order valence-corrected chi connectivity index (χ2v) is 5.23. The molecule has 0 aromatic carbocycles. The minimum absolute atomic E-state index is 0.420. The second-order valence-electron chi connectivity index (χ2n) is 4.92. The molecular formula is C10H21Cl. The summed E-state index contributed by atoms with van der Waals surface area (Å²) >= 11 is 5.87. The van der Waals surface area contributed by atoms with Crippen molar-refractivity contribution in [2.75, 3.05) is 5.88 Å². The molecule has 1 atom stereocenters. The molecule has 68 valence electrons. The highest BCUT2D eigenvalue weighted by molar-refractivity contribution is 6.18. The van der Waals surface area contributed by atoms with Gasteiger partial charge in [0.05, 0.1) is 0 Å². The highest BCUT2D eigenvalue weighted by Crippen LogP contribution is 2.29. The monoisotopic (exact) mass is 176 g/mol. The first kappa shape index (κ1) is 11.3. The second kappa shape index (κ2) is 4.35. The SMILES string of the molecule is CC(C)C(CCl)CC(C)(C)C. The summed E-state index contributed by atoms with van der Waals surface area (Å²) in [5, 5.41) is 0. The van der Waals surface area contributed by atoms with Crippen LogP contribution in [0.2, 0.25) is 0 Å². The molecule has 0 fully saturated rings. The van der Waals surface area contributed by atoms with Crippen molar-refractivity contribution < 1.29 is 0 Å². The van der Waals surface area contributed by atoms with Crippen molar-refractivity contribution in [3.63, 3.8) is 0 Å². The average Bonchev–Trinajstić information content (AvgIpc) is 1.80. The first-order chi connectivity index (χ1) is 4.87. The molecule has 0 amide bonds. The fourth-order valence-corrected chi connectivity index (χ4v) is 1.72. The molecule has 0 aliphatic carbocycles. The van der Waals surface area contributed by atoms with Gasteiger partial charge >= 0.3 is 0 Å². The maximum Gasteiger partial charge on any atom is 0.0254 e. The van der Waals surface area contributed by atoms with E-state index in [1.807, 2.05) is 0 Å². The Bertz CT molecular complexity index is 99.9. The van der Waals surface area contributed by atoms with Crippen LogP contribution in [-0.4, -0.2) is 5.88 Å².